The summed E-state index contributed by atoms with van der Waals surface area (Å²) in [6, 6.07) is 15.0. The van der Waals surface area contributed by atoms with Gasteiger partial charge < -0.3 is 0 Å². The van der Waals surface area contributed by atoms with Crippen LogP contribution in [0.3, 0.4) is 0 Å². The number of hydrogen-bond acceptors (Lipinski definition) is 2. The van der Waals surface area contributed by atoms with Gasteiger partial charge in [-0.15, -0.1) is 0 Å². The van der Waals surface area contributed by atoms with Crippen molar-refractivity contribution in [2.75, 3.05) is 0 Å². The van der Waals surface area contributed by atoms with Crippen LogP contribution < -0.4 is 5.48 Å². The molecule has 0 fully saturated rings. The summed E-state index contributed by atoms with van der Waals surface area (Å²) in [5.41, 5.74) is 3.03. The largest absolute Gasteiger partial charge is 0.289 e. The molecule has 0 bridgehead atoms. The standard InChI is InChI=1S/C17H21NO2/c19-17(18-20)10-4-2-1-3-7-14-11-12-15-8-5-6-9-16(15)13-14/h5-6,8-9,11-13,20H,1-4,7,10H2,(H,18,19). The molecule has 3 heteroatoms. The SMILES string of the molecule is O=C(CCCCCCc1ccc2ccccc2c1)NO. The van der Waals surface area contributed by atoms with E-state index in [2.05, 4.69) is 42.5 Å². The minimum absolute atomic E-state index is 0.292. The van der Waals surface area contributed by atoms with Gasteiger partial charge in [-0.25, -0.2) is 5.48 Å². The van der Waals surface area contributed by atoms with Crippen LogP contribution in [0.25, 0.3) is 10.8 Å². The van der Waals surface area contributed by atoms with E-state index in [0.29, 0.717) is 6.42 Å². The van der Waals surface area contributed by atoms with Crippen LogP contribution in [0.4, 0.5) is 0 Å². The molecular weight excluding hydrogens is 250 g/mol. The molecule has 3 nitrogen and oxygen atoms in total. The van der Waals surface area contributed by atoms with E-state index in [1.54, 1.807) is 5.48 Å². The Morgan fingerprint density at radius 1 is 0.950 bits per heavy atom. The van der Waals surface area contributed by atoms with E-state index < -0.39 is 0 Å². The third kappa shape index (κ3) is 4.35. The van der Waals surface area contributed by atoms with Crippen LogP contribution in [0.1, 0.15) is 37.7 Å². The maximum atomic E-state index is 10.8. The van der Waals surface area contributed by atoms with E-state index in [1.807, 2.05) is 0 Å². The first-order valence-corrected chi connectivity index (χ1v) is 7.20. The number of nitrogens with one attached hydrogen (secondary N) is 1. The number of unbranched alkanes of at least 4 members (excludes halogenated alkanes) is 3. The lowest BCUT2D eigenvalue weighted by Crippen LogP contribution is -2.17. The highest BCUT2D eigenvalue weighted by atomic mass is 16.5. The average Bonchev–Trinajstić information content (AvgIpc) is 2.50. The molecule has 0 saturated heterocycles. The van der Waals surface area contributed by atoms with E-state index in [0.717, 1.165) is 32.1 Å². The topological polar surface area (TPSA) is 49.3 Å². The third-order valence-electron chi connectivity index (χ3n) is 3.56. The Hall–Kier alpha value is -1.87. The van der Waals surface area contributed by atoms with Crippen molar-refractivity contribution in [2.24, 2.45) is 0 Å². The van der Waals surface area contributed by atoms with Crippen LogP contribution in [0.15, 0.2) is 42.5 Å². The molecule has 106 valence electrons. The van der Waals surface area contributed by atoms with E-state index >= 15 is 0 Å². The summed E-state index contributed by atoms with van der Waals surface area (Å²) >= 11 is 0. The minimum Gasteiger partial charge on any atom is -0.289 e. The summed E-state index contributed by atoms with van der Waals surface area (Å²) in [5.74, 6) is -0.292. The Morgan fingerprint density at radius 3 is 2.50 bits per heavy atom. The van der Waals surface area contributed by atoms with Crippen molar-refractivity contribution in [1.29, 1.82) is 0 Å². The lowest BCUT2D eigenvalue weighted by atomic mass is 10.0. The van der Waals surface area contributed by atoms with Gasteiger partial charge in [-0.2, -0.15) is 0 Å². The van der Waals surface area contributed by atoms with Crippen molar-refractivity contribution in [1.82, 2.24) is 5.48 Å². The first kappa shape index (κ1) is 14.5. The van der Waals surface area contributed by atoms with Crippen molar-refractivity contribution in [3.63, 3.8) is 0 Å². The van der Waals surface area contributed by atoms with Crippen molar-refractivity contribution >= 4 is 16.7 Å². The molecule has 0 saturated carbocycles. The van der Waals surface area contributed by atoms with E-state index in [4.69, 9.17) is 5.21 Å². The van der Waals surface area contributed by atoms with Crippen molar-refractivity contribution in [3.8, 4) is 0 Å². The van der Waals surface area contributed by atoms with Crippen LogP contribution >= 0.6 is 0 Å². The fourth-order valence-corrected chi connectivity index (χ4v) is 2.42. The summed E-state index contributed by atoms with van der Waals surface area (Å²) < 4.78 is 0. The van der Waals surface area contributed by atoms with Gasteiger partial charge in [0.2, 0.25) is 5.91 Å². The number of hydrogen-bond donors (Lipinski definition) is 2. The van der Waals surface area contributed by atoms with Crippen LogP contribution in [0.2, 0.25) is 0 Å². The maximum Gasteiger partial charge on any atom is 0.243 e. The summed E-state index contributed by atoms with van der Waals surface area (Å²) in [6.07, 6.45) is 5.61. The van der Waals surface area contributed by atoms with E-state index in [1.165, 1.54) is 16.3 Å². The van der Waals surface area contributed by atoms with Gasteiger partial charge in [0, 0.05) is 6.42 Å². The Labute approximate surface area is 119 Å². The lowest BCUT2D eigenvalue weighted by Gasteiger charge is -2.04. The molecule has 0 atom stereocenters. The first-order valence-electron chi connectivity index (χ1n) is 7.20. The molecule has 20 heavy (non-hydrogen) atoms. The average molecular weight is 271 g/mol. The minimum atomic E-state index is -0.292. The number of fused-ring (bicyclic) bond motifs is 1. The Bertz CT molecular complexity index is 566. The molecule has 1 amide bonds. The molecular formula is C17H21NO2. The number of carbonyl (C=O) groups excluding carboxylic acids is 1. The molecule has 2 aromatic rings. The van der Waals surface area contributed by atoms with Crippen LogP contribution in [-0.2, 0) is 11.2 Å². The summed E-state index contributed by atoms with van der Waals surface area (Å²) in [4.78, 5) is 10.8. The molecule has 0 aliphatic rings. The Balaban J connectivity index is 1.72. The van der Waals surface area contributed by atoms with Crippen molar-refractivity contribution in [3.05, 3.63) is 48.0 Å². The van der Waals surface area contributed by atoms with Gasteiger partial charge >= 0.3 is 0 Å². The van der Waals surface area contributed by atoms with Crippen LogP contribution in [-0.4, -0.2) is 11.1 Å². The molecule has 0 aliphatic heterocycles. The predicted octanol–water partition coefficient (Wildman–Crippen LogP) is 3.84. The van der Waals surface area contributed by atoms with Gasteiger partial charge in [0.05, 0.1) is 0 Å². The smallest absolute Gasteiger partial charge is 0.243 e. The maximum absolute atomic E-state index is 10.8. The highest BCUT2D eigenvalue weighted by molar-refractivity contribution is 5.82. The molecule has 0 spiro atoms. The highest BCUT2D eigenvalue weighted by Crippen LogP contribution is 2.17. The molecule has 2 N–H and O–H groups in total. The summed E-state index contributed by atoms with van der Waals surface area (Å²) in [6.45, 7) is 0. The van der Waals surface area contributed by atoms with Crippen molar-refractivity contribution in [2.45, 2.75) is 38.5 Å². The molecule has 0 heterocycles. The van der Waals surface area contributed by atoms with Gasteiger partial charge in [0.25, 0.3) is 0 Å². The lowest BCUT2D eigenvalue weighted by molar-refractivity contribution is -0.129. The second-order valence-electron chi connectivity index (χ2n) is 5.13. The van der Waals surface area contributed by atoms with Gasteiger partial charge in [0.1, 0.15) is 0 Å². The fraction of sp³-hybridized carbons (Fsp3) is 0.353. The van der Waals surface area contributed by atoms with Gasteiger partial charge in [-0.3, -0.25) is 10.0 Å². The highest BCUT2D eigenvalue weighted by Gasteiger charge is 1.99. The monoisotopic (exact) mass is 271 g/mol. The third-order valence-corrected chi connectivity index (χ3v) is 3.56. The second-order valence-corrected chi connectivity index (χ2v) is 5.13. The van der Waals surface area contributed by atoms with E-state index in [9.17, 15) is 4.79 Å². The fourth-order valence-electron chi connectivity index (χ4n) is 2.42. The van der Waals surface area contributed by atoms with Crippen molar-refractivity contribution < 1.29 is 10.0 Å². The Kier molecular flexibility index (Phi) is 5.56. The molecule has 0 unspecified atom stereocenters. The zero-order chi connectivity index (χ0) is 14.2. The molecule has 2 rings (SSSR count). The second kappa shape index (κ2) is 7.65. The normalized spacial score (nSPS) is 10.7. The molecule has 0 radical (unpaired) electrons. The predicted molar refractivity (Wildman–Crippen MR) is 80.7 cm³/mol. The number of aryl methyl sites for hydroxylation is 1. The number of hydroxylamine groups is 1. The Morgan fingerprint density at radius 2 is 1.70 bits per heavy atom. The number of rotatable bonds is 7. The van der Waals surface area contributed by atoms with Crippen LogP contribution in [0.5, 0.6) is 0 Å². The quantitative estimate of drug-likeness (QED) is 0.456. The van der Waals surface area contributed by atoms with Gasteiger partial charge in [0.15, 0.2) is 0 Å². The molecule has 0 aromatic heterocycles. The van der Waals surface area contributed by atoms with Gasteiger partial charge in [-0.05, 0) is 35.6 Å². The van der Waals surface area contributed by atoms with Gasteiger partial charge in [-0.1, -0.05) is 55.3 Å². The van der Waals surface area contributed by atoms with E-state index in [-0.39, 0.29) is 5.91 Å². The molecule has 2 aromatic carbocycles. The number of amides is 1. The first-order chi connectivity index (χ1) is 9.79. The van der Waals surface area contributed by atoms with Crippen LogP contribution in [0, 0.1) is 0 Å². The number of benzene rings is 2. The number of carbonyl (C=O) groups is 1. The zero-order valence-electron chi connectivity index (χ0n) is 11.6. The zero-order valence-corrected chi connectivity index (χ0v) is 11.6. The molecule has 0 aliphatic carbocycles. The summed E-state index contributed by atoms with van der Waals surface area (Å²) in [5, 5.41) is 11.0. The summed E-state index contributed by atoms with van der Waals surface area (Å²) in [7, 11) is 0.